The molecule has 0 fully saturated rings. The van der Waals surface area contributed by atoms with E-state index >= 15 is 0 Å². The van der Waals surface area contributed by atoms with Crippen molar-refractivity contribution < 1.29 is 13.2 Å². The first kappa shape index (κ1) is 14.0. The van der Waals surface area contributed by atoms with Crippen molar-refractivity contribution >= 4 is 38.1 Å². The molecule has 110 valence electrons. The molecule has 0 saturated heterocycles. The number of carbonyl (C=O) groups is 1. The maximum absolute atomic E-state index is 12.6. The molecular formula is C12H12N4O3S2. The van der Waals surface area contributed by atoms with E-state index in [4.69, 9.17) is 0 Å². The third-order valence-electron chi connectivity index (χ3n) is 3.04. The van der Waals surface area contributed by atoms with Crippen molar-refractivity contribution in [2.75, 3.05) is 16.2 Å². The number of hydrogen-bond donors (Lipinski definition) is 1. The van der Waals surface area contributed by atoms with Crippen molar-refractivity contribution in [2.24, 2.45) is 0 Å². The molecule has 7 nitrogen and oxygen atoms in total. The molecule has 1 N–H and O–H groups in total. The molecule has 0 saturated carbocycles. The van der Waals surface area contributed by atoms with Crippen LogP contribution >= 0.6 is 11.3 Å². The molecule has 21 heavy (non-hydrogen) atoms. The lowest BCUT2D eigenvalue weighted by Crippen LogP contribution is -2.29. The van der Waals surface area contributed by atoms with Crippen LogP contribution in [0.4, 0.5) is 10.8 Å². The minimum absolute atomic E-state index is 0.122. The minimum Gasteiger partial charge on any atom is -0.301 e. The van der Waals surface area contributed by atoms with E-state index in [9.17, 15) is 13.2 Å². The fraction of sp³-hybridized carbons (Fsp3) is 0.250. The summed E-state index contributed by atoms with van der Waals surface area (Å²) in [7, 11) is -3.74. The van der Waals surface area contributed by atoms with Crippen LogP contribution in [0.3, 0.4) is 0 Å². The smallest absolute Gasteiger partial charge is 0.293 e. The number of nitrogens with one attached hydrogen (secondary N) is 1. The summed E-state index contributed by atoms with van der Waals surface area (Å²) in [6.45, 7) is 1.71. The second-order valence-electron chi connectivity index (χ2n) is 4.51. The van der Waals surface area contributed by atoms with Crippen molar-refractivity contribution in [3.05, 3.63) is 29.8 Å². The predicted molar refractivity (Wildman–Crippen MR) is 78.9 cm³/mol. The van der Waals surface area contributed by atoms with E-state index in [0.29, 0.717) is 18.7 Å². The van der Waals surface area contributed by atoms with E-state index in [0.717, 1.165) is 16.9 Å². The lowest BCUT2D eigenvalue weighted by molar-refractivity contribution is -0.114. The van der Waals surface area contributed by atoms with Gasteiger partial charge in [-0.15, -0.1) is 10.2 Å². The molecule has 1 aromatic carbocycles. The molecule has 2 aromatic rings. The van der Waals surface area contributed by atoms with Crippen molar-refractivity contribution in [1.29, 1.82) is 0 Å². The van der Waals surface area contributed by atoms with Crippen LogP contribution in [-0.2, 0) is 21.2 Å². The average Bonchev–Trinajstić information content (AvgIpc) is 3.04. The highest BCUT2D eigenvalue weighted by atomic mass is 32.2. The summed E-state index contributed by atoms with van der Waals surface area (Å²) in [4.78, 5) is 11.0. The molecule has 1 amide bonds. The lowest BCUT2D eigenvalue weighted by atomic mass is 10.2. The zero-order chi connectivity index (χ0) is 15.0. The number of sulfonamides is 1. The second-order valence-corrected chi connectivity index (χ2v) is 7.52. The maximum atomic E-state index is 12.6. The van der Waals surface area contributed by atoms with Gasteiger partial charge in [-0.25, -0.2) is 0 Å². The number of amides is 1. The lowest BCUT2D eigenvalue weighted by Gasteiger charge is -2.17. The van der Waals surface area contributed by atoms with Gasteiger partial charge in [0.25, 0.3) is 14.4 Å². The molecule has 2 heterocycles. The molecule has 0 radical (unpaired) electrons. The fourth-order valence-electron chi connectivity index (χ4n) is 2.17. The Labute approximate surface area is 125 Å². The summed E-state index contributed by atoms with van der Waals surface area (Å²) in [5, 5.41) is 9.97. The van der Waals surface area contributed by atoms with Crippen LogP contribution in [0, 0.1) is 0 Å². The maximum Gasteiger partial charge on any atom is 0.293 e. The number of rotatable bonds is 3. The van der Waals surface area contributed by atoms with Gasteiger partial charge in [0, 0.05) is 13.5 Å². The van der Waals surface area contributed by atoms with E-state index in [1.165, 1.54) is 11.2 Å². The number of nitrogens with zero attached hydrogens (tertiary/aromatic N) is 3. The first-order valence-electron chi connectivity index (χ1n) is 6.20. The van der Waals surface area contributed by atoms with E-state index in [1.807, 2.05) is 12.1 Å². The van der Waals surface area contributed by atoms with Gasteiger partial charge in [-0.1, -0.05) is 29.5 Å². The number of carbonyl (C=O) groups excluding carboxylic acids is 1. The quantitative estimate of drug-likeness (QED) is 0.858. The summed E-state index contributed by atoms with van der Waals surface area (Å²) in [5.74, 6) is -0.318. The number of aromatic nitrogens is 2. The van der Waals surface area contributed by atoms with Gasteiger partial charge in [-0.3, -0.25) is 9.10 Å². The van der Waals surface area contributed by atoms with Gasteiger partial charge >= 0.3 is 0 Å². The highest BCUT2D eigenvalue weighted by molar-refractivity contribution is 7.94. The first-order chi connectivity index (χ1) is 9.98. The highest BCUT2D eigenvalue weighted by Crippen LogP contribution is 2.33. The van der Waals surface area contributed by atoms with Gasteiger partial charge in [0.05, 0.1) is 5.69 Å². The van der Waals surface area contributed by atoms with Crippen LogP contribution in [0.25, 0.3) is 0 Å². The van der Waals surface area contributed by atoms with Crippen LogP contribution < -0.4 is 9.62 Å². The first-order valence-corrected chi connectivity index (χ1v) is 8.46. The minimum atomic E-state index is -3.74. The third kappa shape index (κ3) is 2.49. The fourth-order valence-corrected chi connectivity index (χ4v) is 4.72. The van der Waals surface area contributed by atoms with Gasteiger partial charge in [-0.2, -0.15) is 8.42 Å². The molecule has 9 heteroatoms. The van der Waals surface area contributed by atoms with E-state index < -0.39 is 10.0 Å². The van der Waals surface area contributed by atoms with Crippen molar-refractivity contribution in [2.45, 2.75) is 17.7 Å². The number of benzene rings is 1. The molecule has 0 bridgehead atoms. The zero-order valence-corrected chi connectivity index (χ0v) is 12.7. The van der Waals surface area contributed by atoms with E-state index in [1.54, 1.807) is 12.1 Å². The Kier molecular flexibility index (Phi) is 3.38. The number of para-hydroxylation sites is 1. The Balaban J connectivity index is 1.95. The van der Waals surface area contributed by atoms with Crippen molar-refractivity contribution in [3.63, 3.8) is 0 Å². The number of hydrogen-bond acceptors (Lipinski definition) is 6. The Morgan fingerprint density at radius 2 is 2.10 bits per heavy atom. The molecule has 0 atom stereocenters. The van der Waals surface area contributed by atoms with Gasteiger partial charge < -0.3 is 5.32 Å². The molecule has 0 spiro atoms. The Morgan fingerprint density at radius 1 is 1.33 bits per heavy atom. The van der Waals surface area contributed by atoms with Gasteiger partial charge in [0.1, 0.15) is 0 Å². The summed E-state index contributed by atoms with van der Waals surface area (Å²) in [6.07, 6.45) is 0.673. The summed E-state index contributed by atoms with van der Waals surface area (Å²) in [6, 6.07) is 7.37. The Bertz CT molecular complexity index is 800. The molecular weight excluding hydrogens is 312 g/mol. The molecule has 0 unspecified atom stereocenters. The summed E-state index contributed by atoms with van der Waals surface area (Å²) >= 11 is 0.846. The van der Waals surface area contributed by atoms with Crippen LogP contribution in [0.2, 0.25) is 0 Å². The van der Waals surface area contributed by atoms with Crippen LogP contribution in [0.1, 0.15) is 12.5 Å². The summed E-state index contributed by atoms with van der Waals surface area (Å²) < 4.78 is 26.4. The molecule has 1 aromatic heterocycles. The largest absolute Gasteiger partial charge is 0.301 e. The van der Waals surface area contributed by atoms with Crippen molar-refractivity contribution in [3.8, 4) is 0 Å². The highest BCUT2D eigenvalue weighted by Gasteiger charge is 2.33. The average molecular weight is 324 g/mol. The van der Waals surface area contributed by atoms with E-state index in [-0.39, 0.29) is 15.4 Å². The van der Waals surface area contributed by atoms with Crippen LogP contribution in [-0.4, -0.2) is 31.1 Å². The summed E-state index contributed by atoms with van der Waals surface area (Å²) in [5.41, 5.74) is 1.67. The predicted octanol–water partition coefficient (Wildman–Crippen LogP) is 1.25. The second kappa shape index (κ2) is 5.08. The topological polar surface area (TPSA) is 92.3 Å². The number of fused-ring (bicyclic) bond motifs is 1. The zero-order valence-electron chi connectivity index (χ0n) is 11.1. The molecule has 0 aliphatic carbocycles. The standard InChI is InChI=1S/C12H12N4O3S2/c1-8(17)13-11-14-15-12(20-11)21(18,19)16-7-6-9-4-2-3-5-10(9)16/h2-5H,6-7H2,1H3,(H,13,14,17). The van der Waals surface area contributed by atoms with Gasteiger partial charge in [0.2, 0.25) is 11.0 Å². The third-order valence-corrected chi connectivity index (χ3v) is 6.04. The van der Waals surface area contributed by atoms with Gasteiger partial charge in [0.15, 0.2) is 0 Å². The van der Waals surface area contributed by atoms with Crippen LogP contribution in [0.5, 0.6) is 0 Å². The van der Waals surface area contributed by atoms with Crippen molar-refractivity contribution in [1.82, 2.24) is 10.2 Å². The van der Waals surface area contributed by atoms with E-state index in [2.05, 4.69) is 15.5 Å². The molecule has 1 aliphatic rings. The molecule has 3 rings (SSSR count). The normalized spacial score (nSPS) is 14.0. The van der Waals surface area contributed by atoms with Gasteiger partial charge in [-0.05, 0) is 18.1 Å². The number of anilines is 2. The SMILES string of the molecule is CC(=O)Nc1nnc(S(=O)(=O)N2CCc3ccccc32)s1. The van der Waals surface area contributed by atoms with Crippen LogP contribution in [0.15, 0.2) is 28.6 Å². The molecule has 1 aliphatic heterocycles. The monoisotopic (exact) mass is 324 g/mol. The Hall–Kier alpha value is -2.00. The Morgan fingerprint density at radius 3 is 2.86 bits per heavy atom.